The molecule has 0 bridgehead atoms. The minimum absolute atomic E-state index is 0.157. The molecule has 0 radical (unpaired) electrons. The lowest BCUT2D eigenvalue weighted by Gasteiger charge is -2.34. The normalized spacial score (nSPS) is 16.6. The van der Waals surface area contributed by atoms with E-state index in [0.717, 1.165) is 50.7 Å². The zero-order chi connectivity index (χ0) is 16.1. The van der Waals surface area contributed by atoms with Gasteiger partial charge in [-0.2, -0.15) is 0 Å². The van der Waals surface area contributed by atoms with E-state index >= 15 is 0 Å². The first kappa shape index (κ1) is 15.8. The van der Waals surface area contributed by atoms with Gasteiger partial charge in [0.1, 0.15) is 5.76 Å². The summed E-state index contributed by atoms with van der Waals surface area (Å²) in [6, 6.07) is 5.36. The highest BCUT2D eigenvalue weighted by atomic mass is 16.5. The summed E-state index contributed by atoms with van der Waals surface area (Å²) in [7, 11) is 0. The molecule has 2 aromatic rings. The van der Waals surface area contributed by atoms with E-state index in [0.29, 0.717) is 12.3 Å². The SMILES string of the molecule is Cc1cc(CN2CCN(CCNC(=O)c3ccco3)CC2)no1. The Morgan fingerprint density at radius 2 is 2.09 bits per heavy atom. The fraction of sp³-hybridized carbons (Fsp3) is 0.500. The molecule has 23 heavy (non-hydrogen) atoms. The van der Waals surface area contributed by atoms with Gasteiger partial charge >= 0.3 is 0 Å². The zero-order valence-corrected chi connectivity index (χ0v) is 13.3. The number of carbonyl (C=O) groups excluding carboxylic acids is 1. The van der Waals surface area contributed by atoms with Gasteiger partial charge in [-0.05, 0) is 19.1 Å². The van der Waals surface area contributed by atoms with Crippen LogP contribution < -0.4 is 5.32 Å². The lowest BCUT2D eigenvalue weighted by molar-refractivity contribution is 0.0906. The van der Waals surface area contributed by atoms with Crippen molar-refractivity contribution in [1.29, 1.82) is 0 Å². The fourth-order valence-corrected chi connectivity index (χ4v) is 2.72. The molecule has 0 unspecified atom stereocenters. The maximum Gasteiger partial charge on any atom is 0.287 e. The van der Waals surface area contributed by atoms with Crippen LogP contribution in [0.2, 0.25) is 0 Å². The smallest absolute Gasteiger partial charge is 0.287 e. The van der Waals surface area contributed by atoms with Crippen LogP contribution in [0.5, 0.6) is 0 Å². The minimum atomic E-state index is -0.157. The molecule has 0 aliphatic carbocycles. The van der Waals surface area contributed by atoms with Crippen molar-refractivity contribution in [3.05, 3.63) is 41.7 Å². The van der Waals surface area contributed by atoms with Crippen molar-refractivity contribution >= 4 is 5.91 Å². The van der Waals surface area contributed by atoms with E-state index in [2.05, 4.69) is 20.3 Å². The molecule has 1 amide bonds. The topological polar surface area (TPSA) is 74.8 Å². The number of aryl methyl sites for hydroxylation is 1. The van der Waals surface area contributed by atoms with Crippen LogP contribution in [-0.4, -0.2) is 60.1 Å². The molecule has 2 aromatic heterocycles. The van der Waals surface area contributed by atoms with E-state index in [9.17, 15) is 4.79 Å². The monoisotopic (exact) mass is 318 g/mol. The first-order valence-electron chi connectivity index (χ1n) is 7.89. The number of amides is 1. The van der Waals surface area contributed by atoms with Crippen molar-refractivity contribution < 1.29 is 13.7 Å². The van der Waals surface area contributed by atoms with Gasteiger partial charge in [0.05, 0.1) is 12.0 Å². The molecule has 0 saturated carbocycles. The number of hydrogen-bond donors (Lipinski definition) is 1. The molecule has 1 saturated heterocycles. The number of nitrogens with one attached hydrogen (secondary N) is 1. The molecular formula is C16H22N4O3. The van der Waals surface area contributed by atoms with E-state index in [1.54, 1.807) is 12.1 Å². The van der Waals surface area contributed by atoms with Gasteiger partial charge in [0.15, 0.2) is 5.76 Å². The second-order valence-corrected chi connectivity index (χ2v) is 5.78. The van der Waals surface area contributed by atoms with Crippen molar-refractivity contribution in [2.24, 2.45) is 0 Å². The van der Waals surface area contributed by atoms with Gasteiger partial charge in [-0.25, -0.2) is 0 Å². The van der Waals surface area contributed by atoms with Crippen LogP contribution in [0.1, 0.15) is 22.0 Å². The average molecular weight is 318 g/mol. The number of aromatic nitrogens is 1. The summed E-state index contributed by atoms with van der Waals surface area (Å²) in [6.45, 7) is 8.20. The van der Waals surface area contributed by atoms with Gasteiger partial charge < -0.3 is 14.3 Å². The maximum absolute atomic E-state index is 11.8. The Labute approximate surface area is 135 Å². The lowest BCUT2D eigenvalue weighted by Crippen LogP contribution is -2.48. The largest absolute Gasteiger partial charge is 0.459 e. The standard InChI is InChI=1S/C16H22N4O3/c1-13-11-14(18-23-13)12-20-8-6-19(7-9-20)5-4-17-16(21)15-3-2-10-22-15/h2-3,10-11H,4-9,12H2,1H3,(H,17,21). The summed E-state index contributed by atoms with van der Waals surface area (Å²) < 4.78 is 10.2. The molecule has 124 valence electrons. The molecule has 1 aliphatic heterocycles. The number of furan rings is 1. The van der Waals surface area contributed by atoms with Crippen LogP contribution in [0.3, 0.4) is 0 Å². The summed E-state index contributed by atoms with van der Waals surface area (Å²) >= 11 is 0. The van der Waals surface area contributed by atoms with Crippen molar-refractivity contribution in [3.63, 3.8) is 0 Å². The van der Waals surface area contributed by atoms with Crippen LogP contribution in [0.25, 0.3) is 0 Å². The molecule has 3 rings (SSSR count). The van der Waals surface area contributed by atoms with Gasteiger partial charge in [0, 0.05) is 51.9 Å². The van der Waals surface area contributed by atoms with Crippen molar-refractivity contribution in [2.75, 3.05) is 39.3 Å². The molecule has 1 aliphatic rings. The molecule has 0 atom stereocenters. The van der Waals surface area contributed by atoms with Crippen molar-refractivity contribution in [2.45, 2.75) is 13.5 Å². The van der Waals surface area contributed by atoms with Crippen molar-refractivity contribution in [3.8, 4) is 0 Å². The summed E-state index contributed by atoms with van der Waals surface area (Å²) in [5.41, 5.74) is 0.988. The van der Waals surface area contributed by atoms with Gasteiger partial charge in [0.25, 0.3) is 5.91 Å². The van der Waals surface area contributed by atoms with Gasteiger partial charge in [-0.3, -0.25) is 14.6 Å². The molecule has 3 heterocycles. The van der Waals surface area contributed by atoms with Crippen LogP contribution in [0, 0.1) is 6.92 Å². The highest BCUT2D eigenvalue weighted by Crippen LogP contribution is 2.08. The summed E-state index contributed by atoms with van der Waals surface area (Å²) in [4.78, 5) is 16.5. The van der Waals surface area contributed by atoms with Gasteiger partial charge in [-0.15, -0.1) is 0 Å². The molecule has 7 heteroatoms. The van der Waals surface area contributed by atoms with Crippen LogP contribution in [0.15, 0.2) is 33.4 Å². The average Bonchev–Trinajstić information content (AvgIpc) is 3.21. The summed E-state index contributed by atoms with van der Waals surface area (Å²) in [5, 5.41) is 6.91. The maximum atomic E-state index is 11.8. The van der Waals surface area contributed by atoms with Crippen molar-refractivity contribution in [1.82, 2.24) is 20.3 Å². The third kappa shape index (κ3) is 4.43. The Morgan fingerprint density at radius 3 is 2.74 bits per heavy atom. The van der Waals surface area contributed by atoms with E-state index in [1.165, 1.54) is 6.26 Å². The summed E-state index contributed by atoms with van der Waals surface area (Å²) in [5.74, 6) is 1.05. The number of hydrogen-bond acceptors (Lipinski definition) is 6. The number of piperazine rings is 1. The predicted molar refractivity (Wildman–Crippen MR) is 84.0 cm³/mol. The van der Waals surface area contributed by atoms with E-state index < -0.39 is 0 Å². The van der Waals surface area contributed by atoms with E-state index in [4.69, 9.17) is 8.94 Å². The van der Waals surface area contributed by atoms with Gasteiger partial charge in [0.2, 0.25) is 0 Å². The Hall–Kier alpha value is -2.12. The third-order valence-corrected chi connectivity index (χ3v) is 3.99. The summed E-state index contributed by atoms with van der Waals surface area (Å²) in [6.07, 6.45) is 1.50. The first-order valence-corrected chi connectivity index (χ1v) is 7.89. The molecule has 7 nitrogen and oxygen atoms in total. The minimum Gasteiger partial charge on any atom is -0.459 e. The number of carbonyl (C=O) groups is 1. The Kier molecular flexibility index (Phi) is 5.09. The second kappa shape index (κ2) is 7.43. The molecular weight excluding hydrogens is 296 g/mol. The Morgan fingerprint density at radius 1 is 1.30 bits per heavy atom. The molecule has 0 spiro atoms. The number of nitrogens with zero attached hydrogens (tertiary/aromatic N) is 3. The van der Waals surface area contributed by atoms with Crippen LogP contribution in [-0.2, 0) is 6.54 Å². The van der Waals surface area contributed by atoms with Gasteiger partial charge in [-0.1, -0.05) is 5.16 Å². The van der Waals surface area contributed by atoms with Crippen LogP contribution >= 0.6 is 0 Å². The second-order valence-electron chi connectivity index (χ2n) is 5.78. The molecule has 0 aromatic carbocycles. The highest BCUT2D eigenvalue weighted by Gasteiger charge is 2.18. The van der Waals surface area contributed by atoms with E-state index in [-0.39, 0.29) is 5.91 Å². The highest BCUT2D eigenvalue weighted by molar-refractivity contribution is 5.91. The van der Waals surface area contributed by atoms with E-state index in [1.807, 2.05) is 13.0 Å². The Balaban J connectivity index is 1.34. The lowest BCUT2D eigenvalue weighted by atomic mass is 10.2. The number of rotatable bonds is 6. The zero-order valence-electron chi connectivity index (χ0n) is 13.3. The predicted octanol–water partition coefficient (Wildman–Crippen LogP) is 1.12. The molecule has 1 fully saturated rings. The van der Waals surface area contributed by atoms with Crippen LogP contribution in [0.4, 0.5) is 0 Å². The quantitative estimate of drug-likeness (QED) is 0.860. The Bertz CT molecular complexity index is 615. The first-order chi connectivity index (χ1) is 11.2. The third-order valence-electron chi connectivity index (χ3n) is 3.99. The fourth-order valence-electron chi connectivity index (χ4n) is 2.72. The molecule has 1 N–H and O–H groups in total.